The summed E-state index contributed by atoms with van der Waals surface area (Å²) >= 11 is 1.38. The Bertz CT molecular complexity index is 1010. The van der Waals surface area contributed by atoms with Gasteiger partial charge in [-0.25, -0.2) is 9.78 Å². The number of thiazole rings is 1. The van der Waals surface area contributed by atoms with E-state index >= 15 is 0 Å². The Hall–Kier alpha value is -2.53. The van der Waals surface area contributed by atoms with E-state index in [0.717, 1.165) is 30.8 Å². The van der Waals surface area contributed by atoms with Gasteiger partial charge in [0.05, 0.1) is 18.2 Å². The molecule has 2 rings (SSSR count). The second kappa shape index (κ2) is 16.8. The van der Waals surface area contributed by atoms with E-state index in [9.17, 15) is 19.2 Å². The Labute approximate surface area is 249 Å². The molecule has 0 saturated carbocycles. The van der Waals surface area contributed by atoms with Gasteiger partial charge in [-0.15, -0.1) is 11.3 Å². The first kappa shape index (κ1) is 34.7. The average molecular weight is 595 g/mol. The summed E-state index contributed by atoms with van der Waals surface area (Å²) in [6.45, 7) is 12.6. The van der Waals surface area contributed by atoms with Gasteiger partial charge in [-0.2, -0.15) is 0 Å². The molecule has 10 nitrogen and oxygen atoms in total. The standard InChI is InChI=1S/C30H50N4O6S/c1-9-13-25(35)40-18-34(24(19(3)4)16-21(6)28-31-22(17-41-28)30(38)39-8)29(37)26(20(5)10-2)32-27(36)23-14-11-12-15-33(23)7/h17,19-21,23-24,26H,9-16,18H2,1-8H3,(H,32,36)/t20-,21+,23?,24+,26?/m0/s1. The van der Waals surface area contributed by atoms with Crippen molar-refractivity contribution in [3.05, 3.63) is 16.1 Å². The van der Waals surface area contributed by atoms with Crippen molar-refractivity contribution >= 4 is 35.1 Å². The molecule has 2 heterocycles. The molecule has 5 atom stereocenters. The van der Waals surface area contributed by atoms with Crippen LogP contribution in [0, 0.1) is 11.8 Å². The van der Waals surface area contributed by atoms with Crippen molar-refractivity contribution in [2.75, 3.05) is 27.4 Å². The van der Waals surface area contributed by atoms with Gasteiger partial charge in [-0.1, -0.05) is 54.4 Å². The smallest absolute Gasteiger partial charge is 0.357 e. The number of rotatable bonds is 15. The van der Waals surface area contributed by atoms with Crippen LogP contribution in [0.25, 0.3) is 0 Å². The molecule has 1 N–H and O–H groups in total. The van der Waals surface area contributed by atoms with E-state index in [1.54, 1.807) is 10.3 Å². The van der Waals surface area contributed by atoms with Crippen LogP contribution < -0.4 is 5.32 Å². The van der Waals surface area contributed by atoms with Crippen molar-refractivity contribution in [2.24, 2.45) is 11.8 Å². The molecule has 41 heavy (non-hydrogen) atoms. The summed E-state index contributed by atoms with van der Waals surface area (Å²) in [6.07, 6.45) is 4.93. The van der Waals surface area contributed by atoms with Gasteiger partial charge in [0, 0.05) is 23.8 Å². The number of methoxy groups -OCH3 is 1. The maximum absolute atomic E-state index is 14.3. The Morgan fingerprint density at radius 3 is 2.46 bits per heavy atom. The summed E-state index contributed by atoms with van der Waals surface area (Å²) in [7, 11) is 3.27. The summed E-state index contributed by atoms with van der Waals surface area (Å²) in [4.78, 5) is 60.2. The van der Waals surface area contributed by atoms with Crippen LogP contribution in [-0.2, 0) is 23.9 Å². The quantitative estimate of drug-likeness (QED) is 0.231. The summed E-state index contributed by atoms with van der Waals surface area (Å²) in [5.74, 6) is -1.44. The molecule has 232 valence electrons. The highest BCUT2D eigenvalue weighted by Crippen LogP contribution is 2.30. The molecule has 1 aliphatic rings. The third-order valence-corrected chi connectivity index (χ3v) is 9.13. The molecular formula is C30H50N4O6S. The second-order valence-corrected chi connectivity index (χ2v) is 12.5. The molecule has 1 aliphatic heterocycles. The number of carbonyl (C=O) groups is 4. The molecule has 0 aliphatic carbocycles. The van der Waals surface area contributed by atoms with Gasteiger partial charge < -0.3 is 19.7 Å². The van der Waals surface area contributed by atoms with Crippen LogP contribution in [0.3, 0.4) is 0 Å². The van der Waals surface area contributed by atoms with Crippen LogP contribution in [0.2, 0.25) is 0 Å². The minimum atomic E-state index is -0.755. The maximum atomic E-state index is 14.3. The fourth-order valence-corrected chi connectivity index (χ4v) is 6.05. The van der Waals surface area contributed by atoms with E-state index in [2.05, 4.69) is 15.2 Å². The van der Waals surface area contributed by atoms with Crippen LogP contribution in [0.15, 0.2) is 5.38 Å². The molecule has 1 fully saturated rings. The van der Waals surface area contributed by atoms with Crippen LogP contribution in [0.1, 0.15) is 108 Å². The minimum absolute atomic E-state index is 0.0177. The van der Waals surface area contributed by atoms with Gasteiger partial charge >= 0.3 is 11.9 Å². The molecule has 2 amide bonds. The van der Waals surface area contributed by atoms with E-state index in [4.69, 9.17) is 9.47 Å². The number of ether oxygens (including phenoxy) is 2. The van der Waals surface area contributed by atoms with Gasteiger partial charge in [0.15, 0.2) is 12.4 Å². The van der Waals surface area contributed by atoms with Gasteiger partial charge in [0.2, 0.25) is 11.8 Å². The van der Waals surface area contributed by atoms with E-state index in [1.165, 1.54) is 18.4 Å². The lowest BCUT2D eigenvalue weighted by Crippen LogP contribution is -2.59. The molecule has 0 spiro atoms. The molecule has 0 aromatic carbocycles. The third kappa shape index (κ3) is 9.77. The summed E-state index contributed by atoms with van der Waals surface area (Å²) in [5.41, 5.74) is 0.258. The first-order valence-corrected chi connectivity index (χ1v) is 15.8. The summed E-state index contributed by atoms with van der Waals surface area (Å²) < 4.78 is 10.4. The minimum Gasteiger partial charge on any atom is -0.464 e. The number of amides is 2. The normalized spacial score (nSPS) is 18.7. The third-order valence-electron chi connectivity index (χ3n) is 8.05. The lowest BCUT2D eigenvalue weighted by molar-refractivity contribution is -0.159. The Morgan fingerprint density at radius 1 is 1.17 bits per heavy atom. The molecular weight excluding hydrogens is 544 g/mol. The zero-order chi connectivity index (χ0) is 30.7. The first-order valence-electron chi connectivity index (χ1n) is 14.9. The number of carbonyl (C=O) groups excluding carboxylic acids is 4. The number of esters is 2. The van der Waals surface area contributed by atoms with Gasteiger partial charge in [-0.05, 0) is 51.1 Å². The molecule has 11 heteroatoms. The van der Waals surface area contributed by atoms with Crippen LogP contribution in [0.4, 0.5) is 0 Å². The first-order chi connectivity index (χ1) is 19.4. The largest absolute Gasteiger partial charge is 0.464 e. The predicted molar refractivity (Wildman–Crippen MR) is 159 cm³/mol. The van der Waals surface area contributed by atoms with Crippen molar-refractivity contribution in [1.82, 2.24) is 20.1 Å². The van der Waals surface area contributed by atoms with E-state index in [1.807, 2.05) is 48.6 Å². The highest BCUT2D eigenvalue weighted by atomic mass is 32.1. The molecule has 1 aromatic heterocycles. The van der Waals surface area contributed by atoms with E-state index in [-0.39, 0.29) is 66.5 Å². The highest BCUT2D eigenvalue weighted by Gasteiger charge is 2.38. The van der Waals surface area contributed by atoms with Crippen molar-refractivity contribution in [1.29, 1.82) is 0 Å². The van der Waals surface area contributed by atoms with Gasteiger partial charge in [0.1, 0.15) is 6.04 Å². The van der Waals surface area contributed by atoms with Crippen molar-refractivity contribution in [3.8, 4) is 0 Å². The average Bonchev–Trinajstić information content (AvgIpc) is 3.45. The zero-order valence-corrected chi connectivity index (χ0v) is 26.9. The Morgan fingerprint density at radius 2 is 1.88 bits per heavy atom. The Balaban J connectivity index is 2.37. The topological polar surface area (TPSA) is 118 Å². The van der Waals surface area contributed by atoms with Crippen LogP contribution >= 0.6 is 11.3 Å². The van der Waals surface area contributed by atoms with Crippen LogP contribution in [-0.4, -0.2) is 84.1 Å². The number of likely N-dealkylation sites (tertiary alicyclic amines) is 1. The number of piperidine rings is 1. The van der Waals surface area contributed by atoms with Crippen molar-refractivity contribution < 1.29 is 28.7 Å². The number of hydrogen-bond acceptors (Lipinski definition) is 9. The molecule has 1 saturated heterocycles. The number of nitrogens with zero attached hydrogens (tertiary/aromatic N) is 3. The molecule has 2 unspecified atom stereocenters. The van der Waals surface area contributed by atoms with E-state index < -0.39 is 12.0 Å². The lowest BCUT2D eigenvalue weighted by Gasteiger charge is -2.39. The van der Waals surface area contributed by atoms with Crippen molar-refractivity contribution in [2.45, 2.75) is 111 Å². The SMILES string of the molecule is CCCC(=O)OCN(C(=O)C(NC(=O)C1CCCCN1C)[C@@H](C)CC)[C@H](C[C@@H](C)c1nc(C(=O)OC)cs1)C(C)C. The second-order valence-electron chi connectivity index (χ2n) is 11.6. The molecule has 0 bridgehead atoms. The number of hydrogen-bond donors (Lipinski definition) is 1. The number of nitrogens with one attached hydrogen (secondary N) is 1. The summed E-state index contributed by atoms with van der Waals surface area (Å²) in [6, 6.07) is -1.33. The lowest BCUT2D eigenvalue weighted by atomic mass is 9.90. The fourth-order valence-electron chi connectivity index (χ4n) is 5.19. The zero-order valence-electron chi connectivity index (χ0n) is 26.1. The van der Waals surface area contributed by atoms with E-state index in [0.29, 0.717) is 19.3 Å². The Kier molecular flexibility index (Phi) is 14.2. The predicted octanol–water partition coefficient (Wildman–Crippen LogP) is 4.59. The number of likely N-dealkylation sites (N-methyl/N-ethyl adjacent to an activating group) is 1. The number of aromatic nitrogens is 1. The van der Waals surface area contributed by atoms with Gasteiger partial charge in [-0.3, -0.25) is 19.3 Å². The monoisotopic (exact) mass is 594 g/mol. The maximum Gasteiger partial charge on any atom is 0.357 e. The molecule has 0 radical (unpaired) electrons. The fraction of sp³-hybridized carbons (Fsp3) is 0.767. The molecule has 1 aromatic rings. The van der Waals surface area contributed by atoms with Gasteiger partial charge in [0.25, 0.3) is 0 Å². The van der Waals surface area contributed by atoms with Crippen LogP contribution in [0.5, 0.6) is 0 Å². The summed E-state index contributed by atoms with van der Waals surface area (Å²) in [5, 5.41) is 5.53. The van der Waals surface area contributed by atoms with Crippen molar-refractivity contribution in [3.63, 3.8) is 0 Å². The highest BCUT2D eigenvalue weighted by molar-refractivity contribution is 7.09.